The highest BCUT2D eigenvalue weighted by molar-refractivity contribution is 9.10. The van der Waals surface area contributed by atoms with Crippen molar-refractivity contribution in [2.24, 2.45) is 0 Å². The second-order valence-corrected chi connectivity index (χ2v) is 3.80. The standard InChI is InChI=1S/C9H6BrN3O3/c10-8-5(9-6(11)4-12-16-9)2-1-3-7(8)13(14)15/h1-4H,11H2. The van der Waals surface area contributed by atoms with Crippen LogP contribution in [0.15, 0.2) is 33.4 Å². The average molecular weight is 284 g/mol. The van der Waals surface area contributed by atoms with Crippen LogP contribution in [0.2, 0.25) is 0 Å². The monoisotopic (exact) mass is 283 g/mol. The van der Waals surface area contributed by atoms with E-state index in [-0.39, 0.29) is 5.69 Å². The highest BCUT2D eigenvalue weighted by Gasteiger charge is 2.19. The Hall–Kier alpha value is -1.89. The van der Waals surface area contributed by atoms with Crippen LogP contribution in [-0.2, 0) is 0 Å². The Labute approximate surface area is 98.3 Å². The molecule has 0 saturated carbocycles. The number of hydrogen-bond donors (Lipinski definition) is 1. The van der Waals surface area contributed by atoms with Crippen molar-refractivity contribution in [3.8, 4) is 11.3 Å². The van der Waals surface area contributed by atoms with E-state index in [4.69, 9.17) is 10.3 Å². The van der Waals surface area contributed by atoms with Gasteiger partial charge in [-0.25, -0.2) is 0 Å². The van der Waals surface area contributed by atoms with Gasteiger partial charge in [0.1, 0.15) is 10.2 Å². The number of aromatic nitrogens is 1. The van der Waals surface area contributed by atoms with Gasteiger partial charge < -0.3 is 10.3 Å². The molecule has 0 saturated heterocycles. The Balaban J connectivity index is 2.63. The second-order valence-electron chi connectivity index (χ2n) is 3.01. The number of nitrogen functional groups attached to an aromatic ring is 1. The molecule has 0 spiro atoms. The average Bonchev–Trinajstić information content (AvgIpc) is 2.64. The summed E-state index contributed by atoms with van der Waals surface area (Å²) in [6.45, 7) is 0. The van der Waals surface area contributed by atoms with E-state index in [0.717, 1.165) is 0 Å². The Kier molecular flexibility index (Phi) is 2.61. The van der Waals surface area contributed by atoms with Gasteiger partial charge >= 0.3 is 0 Å². The minimum atomic E-state index is -0.486. The van der Waals surface area contributed by atoms with E-state index in [0.29, 0.717) is 21.5 Å². The van der Waals surface area contributed by atoms with E-state index in [2.05, 4.69) is 21.1 Å². The molecule has 1 heterocycles. The van der Waals surface area contributed by atoms with E-state index in [1.807, 2.05) is 0 Å². The number of halogens is 1. The zero-order valence-corrected chi connectivity index (χ0v) is 9.47. The van der Waals surface area contributed by atoms with Crippen molar-refractivity contribution in [2.75, 3.05) is 5.73 Å². The zero-order chi connectivity index (χ0) is 11.7. The molecule has 0 aliphatic rings. The quantitative estimate of drug-likeness (QED) is 0.675. The van der Waals surface area contributed by atoms with Crippen LogP contribution in [0.4, 0.5) is 11.4 Å². The zero-order valence-electron chi connectivity index (χ0n) is 7.88. The maximum Gasteiger partial charge on any atom is 0.284 e. The number of nitro benzene ring substituents is 1. The molecule has 0 amide bonds. The summed E-state index contributed by atoms with van der Waals surface area (Å²) in [7, 11) is 0. The van der Waals surface area contributed by atoms with Gasteiger partial charge in [0.2, 0.25) is 0 Å². The molecule has 0 atom stereocenters. The molecule has 82 valence electrons. The molecule has 0 aliphatic heterocycles. The van der Waals surface area contributed by atoms with Gasteiger partial charge in [-0.2, -0.15) is 0 Å². The van der Waals surface area contributed by atoms with Crippen LogP contribution in [0.3, 0.4) is 0 Å². The number of benzene rings is 1. The van der Waals surface area contributed by atoms with Crippen LogP contribution >= 0.6 is 15.9 Å². The van der Waals surface area contributed by atoms with Gasteiger partial charge in [0.05, 0.1) is 11.1 Å². The maximum atomic E-state index is 10.7. The highest BCUT2D eigenvalue weighted by atomic mass is 79.9. The summed E-state index contributed by atoms with van der Waals surface area (Å²) in [5, 5.41) is 14.2. The van der Waals surface area contributed by atoms with Crippen molar-refractivity contribution in [1.29, 1.82) is 0 Å². The summed E-state index contributed by atoms with van der Waals surface area (Å²) in [6.07, 6.45) is 1.35. The molecule has 1 aromatic carbocycles. The van der Waals surface area contributed by atoms with Crippen LogP contribution in [0.25, 0.3) is 11.3 Å². The van der Waals surface area contributed by atoms with Crippen molar-refractivity contribution >= 4 is 27.3 Å². The minimum absolute atomic E-state index is 0.0479. The molecule has 0 fully saturated rings. The molecular weight excluding hydrogens is 278 g/mol. The lowest BCUT2D eigenvalue weighted by atomic mass is 10.1. The Morgan fingerprint density at radius 2 is 2.25 bits per heavy atom. The molecule has 2 aromatic rings. The topological polar surface area (TPSA) is 95.2 Å². The van der Waals surface area contributed by atoms with Crippen molar-refractivity contribution in [2.45, 2.75) is 0 Å². The Morgan fingerprint density at radius 3 is 2.81 bits per heavy atom. The molecule has 7 heteroatoms. The summed E-state index contributed by atoms with van der Waals surface area (Å²) >= 11 is 3.15. The fourth-order valence-electron chi connectivity index (χ4n) is 1.29. The maximum absolute atomic E-state index is 10.7. The van der Waals surface area contributed by atoms with Crippen LogP contribution in [0, 0.1) is 10.1 Å². The van der Waals surface area contributed by atoms with E-state index in [1.54, 1.807) is 12.1 Å². The van der Waals surface area contributed by atoms with Gasteiger partial charge in [0, 0.05) is 11.6 Å². The van der Waals surface area contributed by atoms with E-state index in [1.165, 1.54) is 12.3 Å². The number of nitrogens with two attached hydrogens (primary N) is 1. The summed E-state index contributed by atoms with van der Waals surface area (Å²) in [4.78, 5) is 10.2. The molecular formula is C9H6BrN3O3. The molecule has 1 aromatic heterocycles. The van der Waals surface area contributed by atoms with Crippen molar-refractivity contribution < 1.29 is 9.45 Å². The van der Waals surface area contributed by atoms with Crippen LogP contribution in [-0.4, -0.2) is 10.1 Å². The summed E-state index contributed by atoms with van der Waals surface area (Å²) in [5.41, 5.74) is 6.41. The van der Waals surface area contributed by atoms with Gasteiger partial charge in [0.15, 0.2) is 5.76 Å². The van der Waals surface area contributed by atoms with Crippen LogP contribution in [0.5, 0.6) is 0 Å². The lowest BCUT2D eigenvalue weighted by Gasteiger charge is -2.01. The lowest BCUT2D eigenvalue weighted by molar-refractivity contribution is -0.385. The minimum Gasteiger partial charge on any atom is -0.394 e. The molecule has 16 heavy (non-hydrogen) atoms. The SMILES string of the molecule is Nc1cnoc1-c1cccc([N+](=O)[O-])c1Br. The lowest BCUT2D eigenvalue weighted by Crippen LogP contribution is -1.92. The molecule has 0 bridgehead atoms. The van der Waals surface area contributed by atoms with E-state index in [9.17, 15) is 10.1 Å². The van der Waals surface area contributed by atoms with E-state index < -0.39 is 4.92 Å². The molecule has 0 aliphatic carbocycles. The first-order valence-electron chi connectivity index (χ1n) is 4.24. The fraction of sp³-hybridized carbons (Fsp3) is 0. The third-order valence-corrected chi connectivity index (χ3v) is 2.85. The normalized spacial score (nSPS) is 10.3. The number of anilines is 1. The van der Waals surface area contributed by atoms with E-state index >= 15 is 0 Å². The van der Waals surface area contributed by atoms with Gasteiger partial charge in [-0.1, -0.05) is 11.2 Å². The second kappa shape index (κ2) is 3.93. The van der Waals surface area contributed by atoms with Gasteiger partial charge in [0.25, 0.3) is 5.69 Å². The number of rotatable bonds is 2. The fourth-order valence-corrected chi connectivity index (χ4v) is 1.88. The van der Waals surface area contributed by atoms with Crippen molar-refractivity contribution in [1.82, 2.24) is 5.16 Å². The molecule has 6 nitrogen and oxygen atoms in total. The number of nitrogens with zero attached hydrogens (tertiary/aromatic N) is 2. The molecule has 0 radical (unpaired) electrons. The third kappa shape index (κ3) is 1.65. The molecule has 2 rings (SSSR count). The molecule has 2 N–H and O–H groups in total. The predicted octanol–water partition coefficient (Wildman–Crippen LogP) is 2.59. The van der Waals surface area contributed by atoms with Gasteiger partial charge in [-0.15, -0.1) is 0 Å². The highest BCUT2D eigenvalue weighted by Crippen LogP contribution is 2.37. The number of hydrogen-bond acceptors (Lipinski definition) is 5. The summed E-state index contributed by atoms with van der Waals surface area (Å²) in [6, 6.07) is 4.61. The van der Waals surface area contributed by atoms with Crippen molar-refractivity contribution in [3.63, 3.8) is 0 Å². The number of nitro groups is 1. The largest absolute Gasteiger partial charge is 0.394 e. The third-order valence-electron chi connectivity index (χ3n) is 2.02. The summed E-state index contributed by atoms with van der Waals surface area (Å²) in [5.74, 6) is 0.315. The first-order chi connectivity index (χ1) is 7.61. The van der Waals surface area contributed by atoms with Crippen LogP contribution < -0.4 is 5.73 Å². The summed E-state index contributed by atoms with van der Waals surface area (Å²) < 4.78 is 5.26. The smallest absolute Gasteiger partial charge is 0.284 e. The Morgan fingerprint density at radius 1 is 1.50 bits per heavy atom. The Bertz CT molecular complexity index is 553. The molecule has 0 unspecified atom stereocenters. The first-order valence-corrected chi connectivity index (χ1v) is 5.04. The van der Waals surface area contributed by atoms with Gasteiger partial charge in [-0.05, 0) is 22.0 Å². The first kappa shape index (κ1) is 10.6. The van der Waals surface area contributed by atoms with Gasteiger partial charge in [-0.3, -0.25) is 10.1 Å². The predicted molar refractivity (Wildman–Crippen MR) is 60.7 cm³/mol. The van der Waals surface area contributed by atoms with Crippen LogP contribution in [0.1, 0.15) is 0 Å². The van der Waals surface area contributed by atoms with Crippen molar-refractivity contribution in [3.05, 3.63) is 39.0 Å².